The van der Waals surface area contributed by atoms with Gasteiger partial charge in [0.05, 0.1) is 44.4 Å². The normalized spacial score (nSPS) is 41.2. The van der Waals surface area contributed by atoms with E-state index in [9.17, 15) is 14.7 Å². The number of aliphatic carboxylic acids is 1. The number of carboxylic acid groups (broad SMARTS) is 1. The molecule has 3 rings (SSSR count). The van der Waals surface area contributed by atoms with Gasteiger partial charge in [-0.3, -0.25) is 9.59 Å². The van der Waals surface area contributed by atoms with Crippen LogP contribution in [-0.2, 0) is 23.8 Å². The Morgan fingerprint density at radius 2 is 1.90 bits per heavy atom. The number of carbonyl (C=O) groups excluding carboxylic acids is 1. The summed E-state index contributed by atoms with van der Waals surface area (Å²) in [5, 5.41) is 17.7. The number of fused-ring (bicyclic) bond motifs is 1. The molecule has 2 N–H and O–H groups in total. The molecule has 0 aromatic rings. The van der Waals surface area contributed by atoms with E-state index in [2.05, 4.69) is 0 Å². The van der Waals surface area contributed by atoms with Gasteiger partial charge in [0.15, 0.2) is 0 Å². The van der Waals surface area contributed by atoms with Crippen LogP contribution in [0, 0.1) is 11.8 Å². The number of esters is 1. The van der Waals surface area contributed by atoms with Gasteiger partial charge < -0.3 is 24.4 Å². The number of carbonyl (C=O) groups is 2. The summed E-state index contributed by atoms with van der Waals surface area (Å²) in [7, 11) is 0. The summed E-state index contributed by atoms with van der Waals surface area (Å²) >= 11 is 0. The first-order valence-corrected chi connectivity index (χ1v) is 7.21. The average Bonchev–Trinajstić information content (AvgIpc) is 3.03. The highest BCUT2D eigenvalue weighted by atomic mass is 16.6. The van der Waals surface area contributed by atoms with Crippen molar-refractivity contribution in [3.63, 3.8) is 0 Å². The Kier molecular flexibility index (Phi) is 5.18. The lowest BCUT2D eigenvalue weighted by molar-refractivity contribution is -0.142. The maximum absolute atomic E-state index is 10.7. The summed E-state index contributed by atoms with van der Waals surface area (Å²) in [6.07, 6.45) is 0.0508. The number of aliphatic hydroxyl groups excluding tert-OH is 1. The number of rotatable bonds is 2. The summed E-state index contributed by atoms with van der Waals surface area (Å²) in [6, 6.07) is 0. The van der Waals surface area contributed by atoms with E-state index in [1.165, 1.54) is 0 Å². The first-order chi connectivity index (χ1) is 9.88. The van der Waals surface area contributed by atoms with E-state index < -0.39 is 12.1 Å². The molecule has 3 aliphatic rings. The SMILES string of the molecule is CC1OCC(O)C1CC(=O)O.CC1OCC2OC(=O)CC12. The molecular formula is C14H22O7. The second kappa shape index (κ2) is 6.72. The van der Waals surface area contributed by atoms with E-state index in [-0.39, 0.29) is 43.2 Å². The highest BCUT2D eigenvalue weighted by molar-refractivity contribution is 5.72. The van der Waals surface area contributed by atoms with Gasteiger partial charge in [-0.2, -0.15) is 0 Å². The minimum absolute atomic E-state index is 0.0116. The zero-order valence-corrected chi connectivity index (χ0v) is 12.2. The Morgan fingerprint density at radius 1 is 1.24 bits per heavy atom. The van der Waals surface area contributed by atoms with Gasteiger partial charge in [-0.25, -0.2) is 0 Å². The van der Waals surface area contributed by atoms with Crippen molar-refractivity contribution in [3.05, 3.63) is 0 Å². The first-order valence-electron chi connectivity index (χ1n) is 7.21. The van der Waals surface area contributed by atoms with Gasteiger partial charge in [0.25, 0.3) is 0 Å². The molecule has 3 aliphatic heterocycles. The van der Waals surface area contributed by atoms with Crippen LogP contribution in [0.5, 0.6) is 0 Å². The number of carboxylic acids is 1. The van der Waals surface area contributed by atoms with E-state index in [4.69, 9.17) is 19.3 Å². The maximum atomic E-state index is 10.7. The third-order valence-electron chi connectivity index (χ3n) is 4.33. The molecule has 0 amide bonds. The fraction of sp³-hybridized carbons (Fsp3) is 0.857. The van der Waals surface area contributed by atoms with Gasteiger partial charge in [0.2, 0.25) is 0 Å². The minimum Gasteiger partial charge on any atom is -0.481 e. The molecule has 120 valence electrons. The van der Waals surface area contributed by atoms with Crippen LogP contribution in [0.1, 0.15) is 26.7 Å². The van der Waals surface area contributed by atoms with Gasteiger partial charge in [0.1, 0.15) is 6.10 Å². The highest BCUT2D eigenvalue weighted by Crippen LogP contribution is 2.32. The molecule has 6 unspecified atom stereocenters. The van der Waals surface area contributed by atoms with Crippen LogP contribution in [0.25, 0.3) is 0 Å². The molecule has 3 fully saturated rings. The van der Waals surface area contributed by atoms with Gasteiger partial charge in [-0.05, 0) is 13.8 Å². The molecule has 7 heteroatoms. The maximum Gasteiger partial charge on any atom is 0.306 e. The quantitative estimate of drug-likeness (QED) is 0.702. The van der Waals surface area contributed by atoms with E-state index >= 15 is 0 Å². The third-order valence-corrected chi connectivity index (χ3v) is 4.33. The molecule has 0 bridgehead atoms. The molecule has 0 aromatic heterocycles. The van der Waals surface area contributed by atoms with Crippen molar-refractivity contribution in [2.75, 3.05) is 13.2 Å². The summed E-state index contributed by atoms with van der Waals surface area (Å²) in [5.41, 5.74) is 0. The molecule has 0 spiro atoms. The Balaban J connectivity index is 0.000000154. The molecule has 0 saturated carbocycles. The number of hydrogen-bond acceptors (Lipinski definition) is 6. The third kappa shape index (κ3) is 3.93. The van der Waals surface area contributed by atoms with Crippen LogP contribution in [0.4, 0.5) is 0 Å². The second-order valence-corrected chi connectivity index (χ2v) is 5.80. The summed E-state index contributed by atoms with van der Waals surface area (Å²) in [4.78, 5) is 21.0. The fourth-order valence-electron chi connectivity index (χ4n) is 2.94. The van der Waals surface area contributed by atoms with Crippen LogP contribution in [0.15, 0.2) is 0 Å². The van der Waals surface area contributed by atoms with Crippen molar-refractivity contribution in [2.24, 2.45) is 11.8 Å². The minimum atomic E-state index is -0.883. The van der Waals surface area contributed by atoms with E-state index in [0.29, 0.717) is 18.9 Å². The van der Waals surface area contributed by atoms with Crippen molar-refractivity contribution < 1.29 is 34.0 Å². The van der Waals surface area contributed by atoms with E-state index in [1.54, 1.807) is 6.92 Å². The largest absolute Gasteiger partial charge is 0.481 e. The molecule has 3 saturated heterocycles. The van der Waals surface area contributed by atoms with E-state index in [1.807, 2.05) is 6.92 Å². The number of hydrogen-bond donors (Lipinski definition) is 2. The predicted molar refractivity (Wildman–Crippen MR) is 70.6 cm³/mol. The molecule has 0 aliphatic carbocycles. The lowest BCUT2D eigenvalue weighted by Crippen LogP contribution is -2.24. The zero-order chi connectivity index (χ0) is 15.6. The monoisotopic (exact) mass is 302 g/mol. The standard InChI is InChI=1S/C7H12O4.C7H10O3/c1-4-5(2-7(9)10)6(8)3-11-4;1-4-5-2-7(8)10-6(5)3-9-4/h4-6,8H,2-3H2,1H3,(H,9,10);4-6H,2-3H2,1H3. The Bertz CT molecular complexity index is 387. The van der Waals surface area contributed by atoms with Crippen molar-refractivity contribution >= 4 is 11.9 Å². The van der Waals surface area contributed by atoms with Crippen molar-refractivity contribution in [1.29, 1.82) is 0 Å². The van der Waals surface area contributed by atoms with Gasteiger partial charge in [0, 0.05) is 11.8 Å². The number of ether oxygens (including phenoxy) is 3. The zero-order valence-electron chi connectivity index (χ0n) is 12.2. The molecular weight excluding hydrogens is 280 g/mol. The molecule has 21 heavy (non-hydrogen) atoms. The highest BCUT2D eigenvalue weighted by Gasteiger charge is 2.43. The Hall–Kier alpha value is -1.18. The second-order valence-electron chi connectivity index (χ2n) is 5.80. The topological polar surface area (TPSA) is 102 Å². The predicted octanol–water partition coefficient (Wildman–Crippen LogP) is 0.194. The molecule has 7 nitrogen and oxygen atoms in total. The van der Waals surface area contributed by atoms with Crippen LogP contribution in [-0.4, -0.2) is 59.8 Å². The summed E-state index contributed by atoms with van der Waals surface area (Å²) in [6.45, 7) is 4.63. The molecule has 0 aromatic carbocycles. The lowest BCUT2D eigenvalue weighted by Gasteiger charge is -2.13. The lowest BCUT2D eigenvalue weighted by atomic mass is 9.96. The smallest absolute Gasteiger partial charge is 0.306 e. The van der Waals surface area contributed by atoms with Crippen LogP contribution in [0.3, 0.4) is 0 Å². The number of aliphatic hydroxyl groups is 1. The van der Waals surface area contributed by atoms with Gasteiger partial charge in [-0.15, -0.1) is 0 Å². The molecule has 3 heterocycles. The van der Waals surface area contributed by atoms with Crippen LogP contribution >= 0.6 is 0 Å². The summed E-state index contributed by atoms with van der Waals surface area (Å²) < 4.78 is 15.3. The molecule has 0 radical (unpaired) electrons. The fourth-order valence-corrected chi connectivity index (χ4v) is 2.94. The van der Waals surface area contributed by atoms with Crippen molar-refractivity contribution in [1.82, 2.24) is 0 Å². The Labute approximate surface area is 123 Å². The summed E-state index contributed by atoms with van der Waals surface area (Å²) in [5.74, 6) is -0.864. The van der Waals surface area contributed by atoms with Gasteiger partial charge in [-0.1, -0.05) is 0 Å². The van der Waals surface area contributed by atoms with Gasteiger partial charge >= 0.3 is 11.9 Å². The van der Waals surface area contributed by atoms with Crippen LogP contribution < -0.4 is 0 Å². The van der Waals surface area contributed by atoms with Crippen molar-refractivity contribution in [3.8, 4) is 0 Å². The van der Waals surface area contributed by atoms with E-state index in [0.717, 1.165) is 0 Å². The first kappa shape index (κ1) is 16.2. The Morgan fingerprint density at radius 3 is 2.43 bits per heavy atom. The van der Waals surface area contributed by atoms with Crippen LogP contribution in [0.2, 0.25) is 0 Å². The molecule has 6 atom stereocenters. The van der Waals surface area contributed by atoms with Crippen molar-refractivity contribution in [2.45, 2.75) is 51.1 Å². The average molecular weight is 302 g/mol.